The van der Waals surface area contributed by atoms with Gasteiger partial charge >= 0.3 is 5.97 Å². The van der Waals surface area contributed by atoms with Crippen LogP contribution in [0.15, 0.2) is 17.3 Å². The molecule has 6 nitrogen and oxygen atoms in total. The first-order valence-electron chi connectivity index (χ1n) is 7.74. The number of amides is 1. The van der Waals surface area contributed by atoms with Crippen molar-refractivity contribution in [3.63, 3.8) is 0 Å². The number of oxime groups is 1. The lowest BCUT2D eigenvalue weighted by Crippen LogP contribution is -2.42. The number of thiophene rings is 1. The molecule has 0 aliphatic carbocycles. The molecule has 0 saturated carbocycles. The normalized spacial score (nSPS) is 16.7. The zero-order valence-electron chi connectivity index (χ0n) is 14.0. The van der Waals surface area contributed by atoms with Crippen molar-refractivity contribution < 1.29 is 19.2 Å². The number of hydrogen-bond acceptors (Lipinski definition) is 6. The summed E-state index contributed by atoms with van der Waals surface area (Å²) in [5.41, 5.74) is 0.725. The molecule has 1 atom stereocenters. The van der Waals surface area contributed by atoms with Crippen LogP contribution in [-0.2, 0) is 19.2 Å². The number of halogens is 1. The van der Waals surface area contributed by atoms with Crippen molar-refractivity contribution in [3.8, 4) is 0 Å². The van der Waals surface area contributed by atoms with Gasteiger partial charge < -0.3 is 14.5 Å². The van der Waals surface area contributed by atoms with E-state index in [0.29, 0.717) is 23.8 Å². The Balaban J connectivity index is 1.98. The molecule has 0 saturated heterocycles. The van der Waals surface area contributed by atoms with Gasteiger partial charge in [-0.25, -0.2) is 0 Å². The smallest absolute Gasteiger partial charge is 0.307 e. The lowest BCUT2D eigenvalue weighted by Gasteiger charge is -2.26. The number of methoxy groups -OCH3 is 1. The van der Waals surface area contributed by atoms with E-state index < -0.39 is 6.10 Å². The molecule has 0 fully saturated rings. The second-order valence-electron chi connectivity index (χ2n) is 5.94. The predicted molar refractivity (Wildman–Crippen MR) is 93.4 cm³/mol. The Morgan fingerprint density at radius 2 is 2.25 bits per heavy atom. The predicted octanol–water partition coefficient (Wildman–Crippen LogP) is 2.94. The first-order chi connectivity index (χ1) is 11.4. The van der Waals surface area contributed by atoms with Gasteiger partial charge in [-0.3, -0.25) is 9.59 Å². The van der Waals surface area contributed by atoms with Crippen LogP contribution in [0, 0.1) is 5.92 Å². The monoisotopic (exact) mass is 372 g/mol. The first-order valence-corrected chi connectivity index (χ1v) is 8.94. The second kappa shape index (κ2) is 8.48. The van der Waals surface area contributed by atoms with Crippen LogP contribution >= 0.6 is 22.9 Å². The van der Waals surface area contributed by atoms with E-state index in [0.717, 1.165) is 10.6 Å². The average molecular weight is 373 g/mol. The van der Waals surface area contributed by atoms with E-state index in [4.69, 9.17) is 16.4 Å². The molecule has 1 aromatic rings. The average Bonchev–Trinajstić information content (AvgIpc) is 3.18. The third-order valence-corrected chi connectivity index (χ3v) is 4.79. The molecule has 132 valence electrons. The molecule has 0 spiro atoms. The topological polar surface area (TPSA) is 68.2 Å². The van der Waals surface area contributed by atoms with E-state index in [-0.39, 0.29) is 24.2 Å². The van der Waals surface area contributed by atoms with Crippen molar-refractivity contribution in [2.45, 2.75) is 32.8 Å². The van der Waals surface area contributed by atoms with Crippen molar-refractivity contribution >= 4 is 40.5 Å². The number of hydrogen-bond donors (Lipinski definition) is 0. The quantitative estimate of drug-likeness (QED) is 0.690. The Kier molecular flexibility index (Phi) is 6.62. The van der Waals surface area contributed by atoms with Gasteiger partial charge in [-0.05, 0) is 18.1 Å². The molecule has 2 heterocycles. The van der Waals surface area contributed by atoms with E-state index in [1.807, 2.05) is 19.9 Å². The van der Waals surface area contributed by atoms with Crippen LogP contribution in [0.4, 0.5) is 0 Å². The summed E-state index contributed by atoms with van der Waals surface area (Å²) in [6.07, 6.45) is -0.0874. The second-order valence-corrected chi connectivity index (χ2v) is 7.66. The number of carbonyl (C=O) groups is 2. The summed E-state index contributed by atoms with van der Waals surface area (Å²) in [5.74, 6) is -0.215. The summed E-state index contributed by atoms with van der Waals surface area (Å²) in [7, 11) is 1.34. The lowest BCUT2D eigenvalue weighted by atomic mass is 10.1. The van der Waals surface area contributed by atoms with Crippen LogP contribution in [0.1, 0.15) is 31.6 Å². The maximum absolute atomic E-state index is 12.7. The number of rotatable bonds is 7. The molecular formula is C16H21ClN2O4S. The summed E-state index contributed by atoms with van der Waals surface area (Å²) < 4.78 is 5.31. The van der Waals surface area contributed by atoms with E-state index in [1.54, 1.807) is 11.0 Å². The van der Waals surface area contributed by atoms with E-state index >= 15 is 0 Å². The molecule has 0 radical (unpaired) electrons. The van der Waals surface area contributed by atoms with Crippen LogP contribution in [0.3, 0.4) is 0 Å². The molecule has 1 aromatic heterocycles. The molecule has 2 rings (SSSR count). The van der Waals surface area contributed by atoms with Crippen molar-refractivity contribution in [1.29, 1.82) is 0 Å². The fraction of sp³-hybridized carbons (Fsp3) is 0.562. The first kappa shape index (κ1) is 18.7. The largest absolute Gasteiger partial charge is 0.469 e. The highest BCUT2D eigenvalue weighted by molar-refractivity contribution is 7.18. The molecule has 0 N–H and O–H groups in total. The maximum atomic E-state index is 12.7. The van der Waals surface area contributed by atoms with Gasteiger partial charge in [0.1, 0.15) is 5.71 Å². The van der Waals surface area contributed by atoms with E-state index in [9.17, 15) is 9.59 Å². The summed E-state index contributed by atoms with van der Waals surface area (Å²) >= 11 is 7.34. The summed E-state index contributed by atoms with van der Waals surface area (Å²) in [6.45, 7) is 4.90. The fourth-order valence-corrected chi connectivity index (χ4v) is 3.42. The highest BCUT2D eigenvalue weighted by Crippen LogP contribution is 2.27. The number of ether oxygens (including phenoxy) is 1. The zero-order valence-corrected chi connectivity index (χ0v) is 15.5. The van der Waals surface area contributed by atoms with Gasteiger partial charge in [-0.15, -0.1) is 11.3 Å². The summed E-state index contributed by atoms with van der Waals surface area (Å²) in [5, 5.41) is 4.02. The Morgan fingerprint density at radius 3 is 2.83 bits per heavy atom. The minimum atomic E-state index is -0.655. The fourth-order valence-electron chi connectivity index (χ4n) is 2.39. The molecule has 1 unspecified atom stereocenters. The van der Waals surface area contributed by atoms with Crippen LogP contribution in [-0.4, -0.2) is 48.8 Å². The van der Waals surface area contributed by atoms with Crippen LogP contribution in [0.2, 0.25) is 4.34 Å². The van der Waals surface area contributed by atoms with Gasteiger partial charge in [-0.2, -0.15) is 0 Å². The van der Waals surface area contributed by atoms with E-state index in [1.165, 1.54) is 18.4 Å². The summed E-state index contributed by atoms with van der Waals surface area (Å²) in [4.78, 5) is 32.0. The van der Waals surface area contributed by atoms with Crippen LogP contribution in [0.25, 0.3) is 0 Å². The molecule has 24 heavy (non-hydrogen) atoms. The Morgan fingerprint density at radius 1 is 1.50 bits per heavy atom. The van der Waals surface area contributed by atoms with Crippen LogP contribution < -0.4 is 0 Å². The van der Waals surface area contributed by atoms with Gasteiger partial charge in [0.15, 0.2) is 0 Å². The van der Waals surface area contributed by atoms with Gasteiger partial charge in [-0.1, -0.05) is 30.6 Å². The van der Waals surface area contributed by atoms with Gasteiger partial charge in [0.05, 0.1) is 22.7 Å². The molecule has 0 bridgehead atoms. The Labute approximate surface area is 150 Å². The van der Waals surface area contributed by atoms with Crippen molar-refractivity contribution in [2.75, 3.05) is 20.2 Å². The highest BCUT2D eigenvalue weighted by atomic mass is 35.5. The minimum absolute atomic E-state index is 0.158. The number of carbonyl (C=O) groups excluding carboxylic acids is 2. The minimum Gasteiger partial charge on any atom is -0.469 e. The number of nitrogens with zero attached hydrogens (tertiary/aromatic N) is 2. The molecule has 1 amide bonds. The third-order valence-electron chi connectivity index (χ3n) is 3.51. The SMILES string of the molecule is COC(=O)CCN(CC(C)C)C(=O)C1CC(c2ccc(Cl)s2)=NO1. The maximum Gasteiger partial charge on any atom is 0.307 e. The number of esters is 1. The molecule has 1 aliphatic heterocycles. The van der Waals surface area contributed by atoms with Gasteiger partial charge in [0.25, 0.3) is 5.91 Å². The molecule has 0 aromatic carbocycles. The standard InChI is InChI=1S/C16H21ClN2O4S/c1-10(2)9-19(7-6-15(20)22-3)16(21)12-8-11(18-23-12)13-4-5-14(17)24-13/h4-5,10,12H,6-9H2,1-3H3. The van der Waals surface area contributed by atoms with Crippen LogP contribution in [0.5, 0.6) is 0 Å². The Bertz CT molecular complexity index is 629. The van der Waals surface area contributed by atoms with Crippen molar-refractivity contribution in [2.24, 2.45) is 11.1 Å². The third kappa shape index (κ3) is 4.95. The Hall–Kier alpha value is -1.60. The summed E-state index contributed by atoms with van der Waals surface area (Å²) in [6, 6.07) is 3.66. The molecule has 1 aliphatic rings. The van der Waals surface area contributed by atoms with Crippen molar-refractivity contribution in [3.05, 3.63) is 21.3 Å². The van der Waals surface area contributed by atoms with Gasteiger partial charge in [0.2, 0.25) is 6.10 Å². The highest BCUT2D eigenvalue weighted by Gasteiger charge is 2.33. The van der Waals surface area contributed by atoms with Gasteiger partial charge in [0, 0.05) is 19.5 Å². The van der Waals surface area contributed by atoms with E-state index in [2.05, 4.69) is 9.89 Å². The lowest BCUT2D eigenvalue weighted by molar-refractivity contribution is -0.145. The zero-order chi connectivity index (χ0) is 17.7. The molecular weight excluding hydrogens is 352 g/mol. The van der Waals surface area contributed by atoms with Crippen molar-refractivity contribution in [1.82, 2.24) is 4.90 Å². The molecule has 8 heteroatoms.